The molecule has 3 nitrogen and oxygen atoms in total. The molecule has 0 N–H and O–H groups in total. The van der Waals surface area contributed by atoms with E-state index in [1.54, 1.807) is 11.3 Å². The van der Waals surface area contributed by atoms with E-state index in [9.17, 15) is 0 Å². The van der Waals surface area contributed by atoms with Gasteiger partial charge in [0.15, 0.2) is 0 Å². The number of hydrogen-bond donors (Lipinski definition) is 0. The summed E-state index contributed by atoms with van der Waals surface area (Å²) in [6.45, 7) is 5.40. The molecule has 0 unspecified atom stereocenters. The Hall–Kier alpha value is -1.26. The highest BCUT2D eigenvalue weighted by molar-refractivity contribution is 7.09. The van der Waals surface area contributed by atoms with E-state index in [1.165, 1.54) is 35.7 Å². The summed E-state index contributed by atoms with van der Waals surface area (Å²) >= 11 is 1.79. The van der Waals surface area contributed by atoms with Crippen LogP contribution in [0.5, 0.6) is 0 Å². The average molecular weight is 273 g/mol. The van der Waals surface area contributed by atoms with Crippen molar-refractivity contribution in [3.05, 3.63) is 46.2 Å². The molecule has 1 aliphatic rings. The van der Waals surface area contributed by atoms with Crippen LogP contribution in [0.4, 0.5) is 0 Å². The van der Waals surface area contributed by atoms with Gasteiger partial charge in [-0.1, -0.05) is 6.07 Å². The number of pyridine rings is 1. The molecule has 0 saturated carbocycles. The van der Waals surface area contributed by atoms with Crippen LogP contribution < -0.4 is 0 Å². The molecule has 3 rings (SSSR count). The average Bonchev–Trinajstić information content (AvgIpc) is 2.96. The molecular formula is C15H19N3S. The Kier molecular flexibility index (Phi) is 3.89. The Morgan fingerprint density at radius 1 is 1.37 bits per heavy atom. The van der Waals surface area contributed by atoms with Gasteiger partial charge in [0, 0.05) is 36.8 Å². The van der Waals surface area contributed by atoms with Crippen LogP contribution in [-0.4, -0.2) is 28.0 Å². The van der Waals surface area contributed by atoms with Gasteiger partial charge in [0.25, 0.3) is 0 Å². The van der Waals surface area contributed by atoms with E-state index >= 15 is 0 Å². The summed E-state index contributed by atoms with van der Waals surface area (Å²) in [6.07, 6.45) is 6.34. The van der Waals surface area contributed by atoms with Crippen LogP contribution in [-0.2, 0) is 6.54 Å². The topological polar surface area (TPSA) is 29.0 Å². The third kappa shape index (κ3) is 3.01. The van der Waals surface area contributed by atoms with Gasteiger partial charge < -0.3 is 0 Å². The van der Waals surface area contributed by atoms with Crippen LogP contribution >= 0.6 is 11.3 Å². The Bertz CT molecular complexity index is 524. The smallest absolute Gasteiger partial charge is 0.0968 e. The number of hydrogen-bond acceptors (Lipinski definition) is 4. The number of rotatable bonds is 3. The van der Waals surface area contributed by atoms with Crippen molar-refractivity contribution in [2.75, 3.05) is 13.1 Å². The fourth-order valence-electron chi connectivity index (χ4n) is 2.73. The third-order valence-corrected chi connectivity index (χ3v) is 4.74. The van der Waals surface area contributed by atoms with Gasteiger partial charge in [-0.05, 0) is 37.9 Å². The quantitative estimate of drug-likeness (QED) is 0.859. The number of aromatic nitrogens is 2. The standard InChI is InChI=1S/C15H19N3S/c1-12-4-2-6-16-14(12)11-18-8-3-5-13(10-18)15-17-7-9-19-15/h2,4,6-7,9,13H,3,5,8,10-11H2,1H3/t13-/m0/s1. The molecule has 2 aromatic heterocycles. The van der Waals surface area contributed by atoms with Gasteiger partial charge in [0.05, 0.1) is 10.7 Å². The predicted octanol–water partition coefficient (Wildman–Crippen LogP) is 3.23. The molecule has 3 heterocycles. The molecule has 100 valence electrons. The highest BCUT2D eigenvalue weighted by Gasteiger charge is 2.23. The van der Waals surface area contributed by atoms with Gasteiger partial charge >= 0.3 is 0 Å². The zero-order valence-electron chi connectivity index (χ0n) is 11.2. The molecule has 1 aliphatic heterocycles. The summed E-state index contributed by atoms with van der Waals surface area (Å²) in [6, 6.07) is 4.15. The molecule has 0 aromatic carbocycles. The van der Waals surface area contributed by atoms with Crippen LogP contribution in [0, 0.1) is 6.92 Å². The minimum atomic E-state index is 0.609. The minimum Gasteiger partial charge on any atom is -0.297 e. The Balaban J connectivity index is 1.67. The minimum absolute atomic E-state index is 0.609. The molecule has 1 fully saturated rings. The van der Waals surface area contributed by atoms with E-state index in [-0.39, 0.29) is 0 Å². The van der Waals surface area contributed by atoms with Crippen molar-refractivity contribution < 1.29 is 0 Å². The highest BCUT2D eigenvalue weighted by Crippen LogP contribution is 2.28. The monoisotopic (exact) mass is 273 g/mol. The summed E-state index contributed by atoms with van der Waals surface area (Å²) in [4.78, 5) is 11.5. The lowest BCUT2D eigenvalue weighted by Gasteiger charge is -2.31. The number of likely N-dealkylation sites (tertiary alicyclic amines) is 1. The van der Waals surface area contributed by atoms with Crippen LogP contribution in [0.3, 0.4) is 0 Å². The van der Waals surface area contributed by atoms with Gasteiger partial charge in [-0.2, -0.15) is 0 Å². The lowest BCUT2D eigenvalue weighted by Crippen LogP contribution is -2.34. The lowest BCUT2D eigenvalue weighted by molar-refractivity contribution is 0.197. The molecule has 2 aromatic rings. The largest absolute Gasteiger partial charge is 0.297 e. The first kappa shape index (κ1) is 12.8. The fourth-order valence-corrected chi connectivity index (χ4v) is 3.50. The van der Waals surface area contributed by atoms with Gasteiger partial charge in [-0.25, -0.2) is 4.98 Å². The second-order valence-corrected chi connectivity index (χ2v) is 6.14. The number of thiazole rings is 1. The van der Waals surface area contributed by atoms with E-state index in [0.717, 1.165) is 13.1 Å². The first-order valence-corrected chi connectivity index (χ1v) is 7.73. The normalized spacial score (nSPS) is 20.6. The second-order valence-electron chi connectivity index (χ2n) is 5.21. The van der Waals surface area contributed by atoms with Crippen molar-refractivity contribution in [1.82, 2.24) is 14.9 Å². The van der Waals surface area contributed by atoms with Crippen LogP contribution in [0.2, 0.25) is 0 Å². The maximum Gasteiger partial charge on any atom is 0.0968 e. The van der Waals surface area contributed by atoms with Crippen molar-refractivity contribution >= 4 is 11.3 Å². The van der Waals surface area contributed by atoms with Gasteiger partial charge in [-0.15, -0.1) is 11.3 Å². The first-order chi connectivity index (χ1) is 9.33. The van der Waals surface area contributed by atoms with E-state index in [1.807, 2.05) is 18.5 Å². The summed E-state index contributed by atoms with van der Waals surface area (Å²) in [5.41, 5.74) is 2.50. The predicted molar refractivity (Wildman–Crippen MR) is 78.3 cm³/mol. The molecule has 1 saturated heterocycles. The number of aryl methyl sites for hydroxylation is 1. The summed E-state index contributed by atoms with van der Waals surface area (Å²) < 4.78 is 0. The SMILES string of the molecule is Cc1cccnc1CN1CCC[C@H](c2nccs2)C1. The Morgan fingerprint density at radius 2 is 2.32 bits per heavy atom. The molecule has 4 heteroatoms. The maximum absolute atomic E-state index is 4.51. The van der Waals surface area contributed by atoms with Crippen molar-refractivity contribution in [3.63, 3.8) is 0 Å². The van der Waals surface area contributed by atoms with E-state index in [0.29, 0.717) is 5.92 Å². The molecule has 1 atom stereocenters. The molecular weight excluding hydrogens is 254 g/mol. The second kappa shape index (κ2) is 5.80. The molecule has 0 radical (unpaired) electrons. The lowest BCUT2D eigenvalue weighted by atomic mass is 9.98. The Morgan fingerprint density at radius 3 is 3.11 bits per heavy atom. The summed E-state index contributed by atoms with van der Waals surface area (Å²) in [7, 11) is 0. The molecule has 0 aliphatic carbocycles. The zero-order chi connectivity index (χ0) is 13.1. The number of piperidine rings is 1. The van der Waals surface area contributed by atoms with Gasteiger partial charge in [0.2, 0.25) is 0 Å². The van der Waals surface area contributed by atoms with Gasteiger partial charge in [-0.3, -0.25) is 9.88 Å². The molecule has 0 spiro atoms. The van der Waals surface area contributed by atoms with Crippen LogP contribution in [0.15, 0.2) is 29.9 Å². The first-order valence-electron chi connectivity index (χ1n) is 6.85. The van der Waals surface area contributed by atoms with Crippen molar-refractivity contribution in [3.8, 4) is 0 Å². The summed E-state index contributed by atoms with van der Waals surface area (Å²) in [5, 5.41) is 3.37. The van der Waals surface area contributed by atoms with Crippen molar-refractivity contribution in [2.45, 2.75) is 32.2 Å². The Labute approximate surface area is 118 Å². The fraction of sp³-hybridized carbons (Fsp3) is 0.467. The van der Waals surface area contributed by atoms with Crippen molar-refractivity contribution in [1.29, 1.82) is 0 Å². The molecule has 19 heavy (non-hydrogen) atoms. The maximum atomic E-state index is 4.51. The third-order valence-electron chi connectivity index (χ3n) is 3.80. The number of nitrogens with zero attached hydrogens (tertiary/aromatic N) is 3. The van der Waals surface area contributed by atoms with E-state index < -0.39 is 0 Å². The van der Waals surface area contributed by atoms with E-state index in [2.05, 4.69) is 33.2 Å². The van der Waals surface area contributed by atoms with Crippen molar-refractivity contribution in [2.24, 2.45) is 0 Å². The zero-order valence-corrected chi connectivity index (χ0v) is 12.1. The van der Waals surface area contributed by atoms with Crippen LogP contribution in [0.1, 0.15) is 35.0 Å². The van der Waals surface area contributed by atoms with Crippen LogP contribution in [0.25, 0.3) is 0 Å². The molecule has 0 bridgehead atoms. The molecule has 0 amide bonds. The van der Waals surface area contributed by atoms with E-state index in [4.69, 9.17) is 0 Å². The highest BCUT2D eigenvalue weighted by atomic mass is 32.1. The van der Waals surface area contributed by atoms with Gasteiger partial charge in [0.1, 0.15) is 0 Å². The summed E-state index contributed by atoms with van der Waals surface area (Å²) in [5.74, 6) is 0.609.